The molecule has 11 nitrogen and oxygen atoms in total. The third-order valence-electron chi connectivity index (χ3n) is 4.90. The maximum atomic E-state index is 12.9. The molecule has 4 atom stereocenters. The first-order chi connectivity index (χ1) is 15.0. The number of carbonyl (C=O) groups is 4. The lowest BCUT2D eigenvalue weighted by Crippen LogP contribution is -2.57. The summed E-state index contributed by atoms with van der Waals surface area (Å²) < 4.78 is 0. The van der Waals surface area contributed by atoms with Crippen molar-refractivity contribution in [3.05, 3.63) is 0 Å². The maximum Gasteiger partial charge on any atom is 0.326 e. The van der Waals surface area contributed by atoms with Gasteiger partial charge in [-0.1, -0.05) is 13.8 Å². The van der Waals surface area contributed by atoms with Crippen molar-refractivity contribution < 1.29 is 24.3 Å². The quantitative estimate of drug-likeness (QED) is 0.137. The van der Waals surface area contributed by atoms with Crippen LogP contribution in [0.2, 0.25) is 0 Å². The zero-order valence-corrected chi connectivity index (χ0v) is 19.6. The second kappa shape index (κ2) is 16.4. The summed E-state index contributed by atoms with van der Waals surface area (Å²) in [6.07, 6.45) is 3.38. The molecule has 0 spiro atoms. The number of unbranched alkanes of at least 4 members (excludes halogenated alkanes) is 2. The lowest BCUT2D eigenvalue weighted by Gasteiger charge is -2.26. The van der Waals surface area contributed by atoms with E-state index in [2.05, 4.69) is 16.0 Å². The molecule has 32 heavy (non-hydrogen) atoms. The summed E-state index contributed by atoms with van der Waals surface area (Å²) in [6.45, 7) is 6.17. The minimum atomic E-state index is -1.14. The van der Waals surface area contributed by atoms with Crippen LogP contribution in [0.4, 0.5) is 0 Å². The molecule has 0 unspecified atom stereocenters. The Morgan fingerprint density at radius 3 is 1.59 bits per heavy atom. The number of nitrogens with two attached hydrogens (primary N) is 3. The SMILES string of the molecule is CC(C)C[C@H](NC(=O)[C@H](CCCCN)NC(=O)[C@H](C)N)C(=O)N[C@@H](CCCCN)C(=O)O. The lowest BCUT2D eigenvalue weighted by molar-refractivity contribution is -0.142. The number of hydrogen-bond acceptors (Lipinski definition) is 7. The van der Waals surface area contributed by atoms with Gasteiger partial charge in [-0.25, -0.2) is 4.79 Å². The predicted octanol–water partition coefficient (Wildman–Crippen LogP) is -0.823. The molecule has 11 heteroatoms. The fourth-order valence-electron chi connectivity index (χ4n) is 3.06. The lowest BCUT2D eigenvalue weighted by atomic mass is 10.0. The van der Waals surface area contributed by atoms with Gasteiger partial charge in [-0.2, -0.15) is 0 Å². The first-order valence-electron chi connectivity index (χ1n) is 11.3. The van der Waals surface area contributed by atoms with Gasteiger partial charge in [0.15, 0.2) is 0 Å². The van der Waals surface area contributed by atoms with Crippen molar-refractivity contribution in [2.45, 2.75) is 89.9 Å². The minimum Gasteiger partial charge on any atom is -0.480 e. The molecule has 0 radical (unpaired) electrons. The summed E-state index contributed by atoms with van der Waals surface area (Å²) in [7, 11) is 0. The van der Waals surface area contributed by atoms with Crippen LogP contribution >= 0.6 is 0 Å². The van der Waals surface area contributed by atoms with Gasteiger partial charge in [0.2, 0.25) is 17.7 Å². The van der Waals surface area contributed by atoms with Crippen molar-refractivity contribution in [3.63, 3.8) is 0 Å². The van der Waals surface area contributed by atoms with Crippen molar-refractivity contribution in [1.29, 1.82) is 0 Å². The number of carboxylic acid groups (broad SMARTS) is 1. The van der Waals surface area contributed by atoms with E-state index in [1.54, 1.807) is 0 Å². The Balaban J connectivity index is 5.34. The van der Waals surface area contributed by atoms with Crippen LogP contribution in [0, 0.1) is 5.92 Å². The van der Waals surface area contributed by atoms with Crippen LogP contribution in [0.25, 0.3) is 0 Å². The average molecular weight is 459 g/mol. The van der Waals surface area contributed by atoms with E-state index in [1.165, 1.54) is 6.92 Å². The van der Waals surface area contributed by atoms with E-state index in [4.69, 9.17) is 17.2 Å². The molecular weight excluding hydrogens is 416 g/mol. The average Bonchev–Trinajstić information content (AvgIpc) is 2.71. The van der Waals surface area contributed by atoms with Crippen molar-refractivity contribution >= 4 is 23.7 Å². The molecule has 0 aliphatic carbocycles. The van der Waals surface area contributed by atoms with Crippen LogP contribution in [0.15, 0.2) is 0 Å². The van der Waals surface area contributed by atoms with E-state index in [0.29, 0.717) is 51.6 Å². The molecule has 186 valence electrons. The number of hydrogen-bond donors (Lipinski definition) is 7. The zero-order chi connectivity index (χ0) is 24.7. The highest BCUT2D eigenvalue weighted by atomic mass is 16.4. The highest BCUT2D eigenvalue weighted by Gasteiger charge is 2.30. The van der Waals surface area contributed by atoms with Crippen molar-refractivity contribution in [2.24, 2.45) is 23.1 Å². The van der Waals surface area contributed by atoms with E-state index in [9.17, 15) is 24.3 Å². The molecule has 0 saturated carbocycles. The molecule has 10 N–H and O–H groups in total. The number of nitrogens with one attached hydrogen (secondary N) is 3. The minimum absolute atomic E-state index is 0.0564. The topological polar surface area (TPSA) is 203 Å². The van der Waals surface area contributed by atoms with E-state index in [-0.39, 0.29) is 12.3 Å². The summed E-state index contributed by atoms with van der Waals surface area (Å²) >= 11 is 0. The van der Waals surface area contributed by atoms with Crippen molar-refractivity contribution in [1.82, 2.24) is 16.0 Å². The molecule has 0 saturated heterocycles. The highest BCUT2D eigenvalue weighted by Crippen LogP contribution is 2.09. The van der Waals surface area contributed by atoms with Crippen LogP contribution in [0.1, 0.15) is 65.7 Å². The first-order valence-corrected chi connectivity index (χ1v) is 11.3. The maximum absolute atomic E-state index is 12.9. The van der Waals surface area contributed by atoms with Gasteiger partial charge in [-0.15, -0.1) is 0 Å². The van der Waals surface area contributed by atoms with E-state index >= 15 is 0 Å². The molecule has 0 aromatic carbocycles. The van der Waals surface area contributed by atoms with Gasteiger partial charge in [0, 0.05) is 0 Å². The Kier molecular flexibility index (Phi) is 15.3. The van der Waals surface area contributed by atoms with Gasteiger partial charge in [-0.05, 0) is 70.9 Å². The monoisotopic (exact) mass is 458 g/mol. The van der Waals surface area contributed by atoms with Gasteiger partial charge >= 0.3 is 5.97 Å². The summed E-state index contributed by atoms with van der Waals surface area (Å²) in [6, 6.07) is -3.68. The Bertz CT molecular complexity index is 599. The third kappa shape index (κ3) is 12.6. The second-order valence-electron chi connectivity index (χ2n) is 8.51. The number of rotatable bonds is 17. The summed E-state index contributed by atoms with van der Waals surface area (Å²) in [5.74, 6) is -2.67. The van der Waals surface area contributed by atoms with Gasteiger partial charge in [-0.3, -0.25) is 14.4 Å². The molecule has 0 rings (SSSR count). The van der Waals surface area contributed by atoms with Gasteiger partial charge < -0.3 is 38.3 Å². The number of aliphatic carboxylic acids is 1. The molecule has 3 amide bonds. The molecule has 0 aliphatic heterocycles. The second-order valence-corrected chi connectivity index (χ2v) is 8.51. The Morgan fingerprint density at radius 1 is 0.719 bits per heavy atom. The Morgan fingerprint density at radius 2 is 1.16 bits per heavy atom. The summed E-state index contributed by atoms with van der Waals surface area (Å²) in [5.41, 5.74) is 16.6. The number of carbonyl (C=O) groups excluding carboxylic acids is 3. The van der Waals surface area contributed by atoms with Crippen molar-refractivity contribution in [2.75, 3.05) is 13.1 Å². The van der Waals surface area contributed by atoms with Gasteiger partial charge in [0.25, 0.3) is 0 Å². The normalized spacial score (nSPS) is 14.8. The standard InChI is InChI=1S/C21H42N6O5/c1-13(2)12-17(20(30)26-16(21(31)32)9-5-7-11-23)27-19(29)15(8-4-6-10-22)25-18(28)14(3)24/h13-17H,4-12,22-24H2,1-3H3,(H,25,28)(H,26,30)(H,27,29)(H,31,32)/t14-,15-,16-,17-/m0/s1. The van der Waals surface area contributed by atoms with E-state index in [1.807, 2.05) is 13.8 Å². The zero-order valence-electron chi connectivity index (χ0n) is 19.6. The van der Waals surface area contributed by atoms with Crippen LogP contribution in [-0.4, -0.2) is 66.1 Å². The Labute approximate surface area is 190 Å². The molecule has 0 aromatic rings. The van der Waals surface area contributed by atoms with Crippen molar-refractivity contribution in [3.8, 4) is 0 Å². The summed E-state index contributed by atoms with van der Waals surface area (Å²) in [4.78, 5) is 49.3. The summed E-state index contributed by atoms with van der Waals surface area (Å²) in [5, 5.41) is 17.2. The Hall–Kier alpha value is -2.24. The predicted molar refractivity (Wildman–Crippen MR) is 122 cm³/mol. The first kappa shape index (κ1) is 29.8. The van der Waals surface area contributed by atoms with E-state index in [0.717, 1.165) is 0 Å². The molecule has 0 fully saturated rings. The number of carboxylic acids is 1. The van der Waals surface area contributed by atoms with Crippen LogP contribution in [0.3, 0.4) is 0 Å². The third-order valence-corrected chi connectivity index (χ3v) is 4.90. The molecular formula is C21H42N6O5. The van der Waals surface area contributed by atoms with Crippen LogP contribution in [-0.2, 0) is 19.2 Å². The van der Waals surface area contributed by atoms with Gasteiger partial charge in [0.05, 0.1) is 6.04 Å². The van der Waals surface area contributed by atoms with E-state index < -0.39 is 47.9 Å². The fraction of sp³-hybridized carbons (Fsp3) is 0.810. The molecule has 0 aliphatic rings. The smallest absolute Gasteiger partial charge is 0.326 e. The number of amides is 3. The molecule has 0 bridgehead atoms. The van der Waals surface area contributed by atoms with Crippen LogP contribution in [0.5, 0.6) is 0 Å². The highest BCUT2D eigenvalue weighted by molar-refractivity contribution is 5.94. The molecule has 0 heterocycles. The van der Waals surface area contributed by atoms with Crippen LogP contribution < -0.4 is 33.2 Å². The largest absolute Gasteiger partial charge is 0.480 e. The fourth-order valence-corrected chi connectivity index (χ4v) is 3.06. The van der Waals surface area contributed by atoms with Gasteiger partial charge in [0.1, 0.15) is 18.1 Å². The molecule has 0 aromatic heterocycles.